The van der Waals surface area contributed by atoms with Gasteiger partial charge in [0.1, 0.15) is 0 Å². The van der Waals surface area contributed by atoms with Crippen LogP contribution in [0, 0.1) is 20.8 Å². The van der Waals surface area contributed by atoms with Gasteiger partial charge in [-0.05, 0) is 93.1 Å². The van der Waals surface area contributed by atoms with Gasteiger partial charge in [0, 0.05) is 0 Å². The molecule has 12 rings (SSSR count). The van der Waals surface area contributed by atoms with E-state index < -0.39 is 0 Å². The fraction of sp³-hybridized carbons (Fsp3) is 0.0769. The molecule has 0 radical (unpaired) electrons. The molecule has 378 valence electrons. The van der Waals surface area contributed by atoms with E-state index in [9.17, 15) is 0 Å². The average Bonchev–Trinajstić information content (AvgIpc) is 3.65. The minimum absolute atomic E-state index is 0.336. The summed E-state index contributed by atoms with van der Waals surface area (Å²) in [5.74, 6) is 0. The maximum atomic E-state index is 2.31. The van der Waals surface area contributed by atoms with E-state index in [1.165, 1.54) is 83.5 Å². The summed E-state index contributed by atoms with van der Waals surface area (Å²) >= 11 is 0. The molecule has 0 unspecified atom stereocenters. The fourth-order valence-electron chi connectivity index (χ4n) is 11.8. The third-order valence-electron chi connectivity index (χ3n) is 15.3. The van der Waals surface area contributed by atoms with Gasteiger partial charge in [-0.1, -0.05) is 357 Å². The Balaban J connectivity index is 0.000000132. The summed E-state index contributed by atoms with van der Waals surface area (Å²) in [5, 5.41) is 0. The minimum atomic E-state index is -0.338. The van der Waals surface area contributed by atoms with Crippen LogP contribution in [0.5, 0.6) is 0 Å². The summed E-state index contributed by atoms with van der Waals surface area (Å²) in [6.45, 7) is 6.51. The van der Waals surface area contributed by atoms with Crippen LogP contribution in [0.4, 0.5) is 0 Å². The van der Waals surface area contributed by atoms with E-state index >= 15 is 0 Å². The van der Waals surface area contributed by atoms with Gasteiger partial charge in [-0.2, -0.15) is 0 Å². The molecular weight excluding hydrogens is 937 g/mol. The molecule has 0 amide bonds. The van der Waals surface area contributed by atoms with Crippen molar-refractivity contribution in [2.75, 3.05) is 0 Å². The Kier molecular flexibility index (Phi) is 16.4. The Bertz CT molecular complexity index is 3400. The van der Waals surface area contributed by atoms with Crippen molar-refractivity contribution < 1.29 is 0 Å². The zero-order chi connectivity index (χ0) is 53.5. The topological polar surface area (TPSA) is 0 Å². The van der Waals surface area contributed by atoms with Gasteiger partial charge < -0.3 is 0 Å². The van der Waals surface area contributed by atoms with Gasteiger partial charge in [-0.25, -0.2) is 0 Å². The smallest absolute Gasteiger partial charge is 0.0622 e. The van der Waals surface area contributed by atoms with Crippen molar-refractivity contribution in [1.29, 1.82) is 0 Å². The Morgan fingerprint density at radius 2 is 0.397 bits per heavy atom. The van der Waals surface area contributed by atoms with Gasteiger partial charge in [0.2, 0.25) is 0 Å². The average molecular weight is 1000 g/mol. The van der Waals surface area contributed by atoms with Crippen LogP contribution < -0.4 is 0 Å². The quantitative estimate of drug-likeness (QED) is 0.107. The second-order valence-corrected chi connectivity index (χ2v) is 20.1. The van der Waals surface area contributed by atoms with Crippen LogP contribution in [-0.2, 0) is 16.2 Å². The van der Waals surface area contributed by atoms with Gasteiger partial charge in [0.05, 0.1) is 16.2 Å². The van der Waals surface area contributed by atoms with Crippen molar-refractivity contribution in [3.05, 3.63) is 429 Å². The molecule has 0 aliphatic rings. The second kappa shape index (κ2) is 24.5. The summed E-state index contributed by atoms with van der Waals surface area (Å²) in [6, 6.07) is 124. The highest BCUT2D eigenvalue weighted by Crippen LogP contribution is 2.48. The molecule has 12 aromatic rings. The monoisotopic (exact) mass is 1000 g/mol. The minimum Gasteiger partial charge on any atom is -0.0622 e. The lowest BCUT2D eigenvalue weighted by molar-refractivity contribution is 0.738. The fourth-order valence-corrected chi connectivity index (χ4v) is 11.8. The number of hydrogen-bond acceptors (Lipinski definition) is 0. The maximum Gasteiger partial charge on any atom is 0.0704 e. The highest BCUT2D eigenvalue weighted by atomic mass is 14.4. The lowest BCUT2D eigenvalue weighted by atomic mass is 9.64. The Morgan fingerprint density at radius 3 is 0.679 bits per heavy atom. The molecule has 0 saturated carbocycles. The molecule has 0 saturated heterocycles. The first-order valence-corrected chi connectivity index (χ1v) is 27.2. The molecule has 0 aliphatic carbocycles. The predicted octanol–water partition coefficient (Wildman–Crippen LogP) is 19.1. The van der Waals surface area contributed by atoms with Crippen molar-refractivity contribution in [2.45, 2.75) is 37.0 Å². The first-order chi connectivity index (χ1) is 38.5. The number of hydrogen-bond donors (Lipinski definition) is 0. The van der Waals surface area contributed by atoms with Crippen LogP contribution in [-0.4, -0.2) is 0 Å². The highest BCUT2D eigenvalue weighted by Gasteiger charge is 2.41. The summed E-state index contributed by atoms with van der Waals surface area (Å²) in [4.78, 5) is 0. The molecule has 0 bridgehead atoms. The van der Waals surface area contributed by atoms with Crippen LogP contribution in [0.2, 0.25) is 0 Å². The van der Waals surface area contributed by atoms with Crippen LogP contribution in [0.3, 0.4) is 0 Å². The third kappa shape index (κ3) is 10.5. The Labute approximate surface area is 463 Å². The SMILES string of the molecule is Cc1ccc(C(c2ccccc2)(c2ccccc2)c2ccccc2)cc1.Cc1cccc(C(c2ccccc2)(c2ccccc2)c2ccccc2)c1.Cc1ccccc1C(c1ccccc1)(c1ccccc1)c1ccccc1. The molecule has 0 aliphatic heterocycles. The highest BCUT2D eigenvalue weighted by molar-refractivity contribution is 5.63. The molecule has 0 N–H and O–H groups in total. The maximum absolute atomic E-state index is 2.31. The molecule has 0 aromatic heterocycles. The second-order valence-electron chi connectivity index (χ2n) is 20.1. The molecule has 0 atom stereocenters. The van der Waals surface area contributed by atoms with Crippen molar-refractivity contribution in [2.24, 2.45) is 0 Å². The van der Waals surface area contributed by atoms with Crippen LogP contribution in [0.15, 0.2) is 346 Å². The van der Waals surface area contributed by atoms with Crippen molar-refractivity contribution in [3.8, 4) is 0 Å². The lowest BCUT2D eigenvalue weighted by Gasteiger charge is -2.37. The van der Waals surface area contributed by atoms with E-state index in [0.29, 0.717) is 0 Å². The van der Waals surface area contributed by atoms with Crippen molar-refractivity contribution in [1.82, 2.24) is 0 Å². The molecular formula is C78H66. The molecule has 78 heavy (non-hydrogen) atoms. The first-order valence-electron chi connectivity index (χ1n) is 27.2. The van der Waals surface area contributed by atoms with E-state index in [4.69, 9.17) is 0 Å². The Morgan fingerprint density at radius 1 is 0.167 bits per heavy atom. The first kappa shape index (κ1) is 52.1. The van der Waals surface area contributed by atoms with Gasteiger partial charge in [-0.3, -0.25) is 0 Å². The van der Waals surface area contributed by atoms with Gasteiger partial charge >= 0.3 is 0 Å². The van der Waals surface area contributed by atoms with E-state index in [0.717, 1.165) is 0 Å². The molecule has 0 heterocycles. The zero-order valence-corrected chi connectivity index (χ0v) is 44.9. The van der Waals surface area contributed by atoms with Crippen LogP contribution >= 0.6 is 0 Å². The molecule has 12 aromatic carbocycles. The summed E-state index contributed by atoms with van der Waals surface area (Å²) in [5.41, 5.74) is 18.3. The summed E-state index contributed by atoms with van der Waals surface area (Å²) in [7, 11) is 0. The molecule has 0 fully saturated rings. The van der Waals surface area contributed by atoms with E-state index in [-0.39, 0.29) is 16.2 Å². The standard InChI is InChI=1S/3C26H22/c1-21-13-11-12-20-25(21)26(22-14-5-2-6-15-22,23-16-7-3-8-17-23)24-18-9-4-10-19-24;1-21-12-11-19-25(20-21)26(22-13-5-2-6-14-22,23-15-7-3-8-16-23)24-17-9-4-10-18-24;1-21-17-19-25(20-18-21)26(22-11-5-2-6-12-22,23-13-7-3-8-14-23)24-15-9-4-10-16-24/h3*2-20H,1H3. The van der Waals surface area contributed by atoms with Crippen LogP contribution in [0.25, 0.3) is 0 Å². The van der Waals surface area contributed by atoms with Gasteiger partial charge in [0.15, 0.2) is 0 Å². The number of aryl methyl sites for hydroxylation is 3. The zero-order valence-electron chi connectivity index (χ0n) is 44.9. The predicted molar refractivity (Wildman–Crippen MR) is 328 cm³/mol. The Hall–Kier alpha value is -9.36. The number of rotatable bonds is 12. The van der Waals surface area contributed by atoms with E-state index in [1.54, 1.807) is 0 Å². The van der Waals surface area contributed by atoms with E-state index in [1.807, 2.05) is 0 Å². The summed E-state index contributed by atoms with van der Waals surface area (Å²) in [6.07, 6.45) is 0. The molecule has 0 nitrogen and oxygen atoms in total. The third-order valence-corrected chi connectivity index (χ3v) is 15.3. The van der Waals surface area contributed by atoms with Crippen LogP contribution in [0.1, 0.15) is 83.5 Å². The number of benzene rings is 12. The van der Waals surface area contributed by atoms with E-state index in [2.05, 4.69) is 367 Å². The lowest BCUT2D eigenvalue weighted by Crippen LogP contribution is -2.31. The van der Waals surface area contributed by atoms with Gasteiger partial charge in [0.25, 0.3) is 0 Å². The van der Waals surface area contributed by atoms with Crippen molar-refractivity contribution >= 4 is 0 Å². The largest absolute Gasteiger partial charge is 0.0704 e. The normalized spacial score (nSPS) is 11.3. The molecule has 0 heteroatoms. The van der Waals surface area contributed by atoms with Crippen molar-refractivity contribution in [3.63, 3.8) is 0 Å². The van der Waals surface area contributed by atoms with Gasteiger partial charge in [-0.15, -0.1) is 0 Å². The molecule has 0 spiro atoms. The summed E-state index contributed by atoms with van der Waals surface area (Å²) < 4.78 is 0.